The molecule has 2 aliphatic rings. The van der Waals surface area contributed by atoms with Gasteiger partial charge in [-0.3, -0.25) is 0 Å². The van der Waals surface area contributed by atoms with Crippen molar-refractivity contribution in [1.29, 1.82) is 0 Å². The Morgan fingerprint density at radius 3 is 2.46 bits per heavy atom. The van der Waals surface area contributed by atoms with Gasteiger partial charge in [0.25, 0.3) is 0 Å². The summed E-state index contributed by atoms with van der Waals surface area (Å²) < 4.78 is 16.9. The van der Waals surface area contributed by atoms with Crippen LogP contribution in [0.3, 0.4) is 0 Å². The van der Waals surface area contributed by atoms with E-state index in [2.05, 4.69) is 21.2 Å². The number of hydrogen-bond donors (Lipinski definition) is 1. The maximum Gasteiger partial charge on any atom is 0.336 e. The third kappa shape index (κ3) is 4.15. The van der Waals surface area contributed by atoms with Crippen molar-refractivity contribution < 1.29 is 23.8 Å². The maximum absolute atomic E-state index is 13.1. The molecule has 0 aliphatic carbocycles. The Kier molecular flexibility index (Phi) is 6.57. The summed E-state index contributed by atoms with van der Waals surface area (Å²) >= 11 is 3.55. The second-order valence-electron chi connectivity index (χ2n) is 6.88. The highest BCUT2D eigenvalue weighted by molar-refractivity contribution is 9.10. The lowest BCUT2D eigenvalue weighted by atomic mass is 9.80. The molecule has 7 heteroatoms. The SMILES string of the molecule is COC(=O)C1=C(C)NC(C)=C(C(=O)OC[C@H]2CCCO2)[C@H]1c1ccccc1Br. The van der Waals surface area contributed by atoms with Crippen LogP contribution in [0.1, 0.15) is 38.2 Å². The Labute approximate surface area is 173 Å². The van der Waals surface area contributed by atoms with Gasteiger partial charge >= 0.3 is 11.9 Å². The summed E-state index contributed by atoms with van der Waals surface area (Å²) in [5, 5.41) is 3.13. The van der Waals surface area contributed by atoms with E-state index in [0.29, 0.717) is 29.1 Å². The van der Waals surface area contributed by atoms with Gasteiger partial charge in [0.05, 0.1) is 30.3 Å². The minimum Gasteiger partial charge on any atom is -0.466 e. The molecule has 28 heavy (non-hydrogen) atoms. The van der Waals surface area contributed by atoms with Crippen LogP contribution in [-0.2, 0) is 23.8 Å². The third-order valence-corrected chi connectivity index (χ3v) is 5.75. The maximum atomic E-state index is 13.1. The van der Waals surface area contributed by atoms with Gasteiger partial charge in [-0.25, -0.2) is 9.59 Å². The second-order valence-corrected chi connectivity index (χ2v) is 7.74. The number of allylic oxidation sites excluding steroid dienone is 2. The van der Waals surface area contributed by atoms with Crippen molar-refractivity contribution >= 4 is 27.9 Å². The van der Waals surface area contributed by atoms with Crippen LogP contribution in [-0.4, -0.2) is 38.4 Å². The minimum absolute atomic E-state index is 0.0688. The van der Waals surface area contributed by atoms with Crippen molar-refractivity contribution in [2.24, 2.45) is 0 Å². The molecule has 150 valence electrons. The molecule has 0 saturated carbocycles. The molecule has 2 aliphatic heterocycles. The molecule has 0 aromatic heterocycles. The van der Waals surface area contributed by atoms with Gasteiger partial charge in [0.1, 0.15) is 6.61 Å². The molecule has 1 N–H and O–H groups in total. The van der Waals surface area contributed by atoms with Crippen molar-refractivity contribution in [2.75, 3.05) is 20.3 Å². The number of nitrogens with one attached hydrogen (secondary N) is 1. The van der Waals surface area contributed by atoms with Gasteiger partial charge in [0, 0.05) is 22.5 Å². The van der Waals surface area contributed by atoms with Crippen molar-refractivity contribution in [3.63, 3.8) is 0 Å². The number of carbonyl (C=O) groups excluding carboxylic acids is 2. The first-order valence-electron chi connectivity index (χ1n) is 9.24. The van der Waals surface area contributed by atoms with Crippen LogP contribution in [0.4, 0.5) is 0 Å². The molecule has 0 unspecified atom stereocenters. The lowest BCUT2D eigenvalue weighted by molar-refractivity contribution is -0.142. The van der Waals surface area contributed by atoms with Gasteiger partial charge in [-0.2, -0.15) is 0 Å². The fraction of sp³-hybridized carbons (Fsp3) is 0.429. The lowest BCUT2D eigenvalue weighted by Gasteiger charge is -2.31. The van der Waals surface area contributed by atoms with Gasteiger partial charge in [0.15, 0.2) is 0 Å². The van der Waals surface area contributed by atoms with Crippen LogP contribution in [0.2, 0.25) is 0 Å². The summed E-state index contributed by atoms with van der Waals surface area (Å²) in [4.78, 5) is 25.6. The molecule has 2 heterocycles. The van der Waals surface area contributed by atoms with E-state index in [1.165, 1.54) is 7.11 Å². The summed E-state index contributed by atoms with van der Waals surface area (Å²) in [7, 11) is 1.33. The molecule has 1 aromatic carbocycles. The highest BCUT2D eigenvalue weighted by Gasteiger charge is 2.38. The van der Waals surface area contributed by atoms with E-state index in [1.54, 1.807) is 6.92 Å². The minimum atomic E-state index is -0.596. The lowest BCUT2D eigenvalue weighted by Crippen LogP contribution is -2.33. The zero-order chi connectivity index (χ0) is 20.3. The molecule has 0 radical (unpaired) electrons. The Bertz CT molecular complexity index is 839. The standard InChI is InChI=1S/C21H24BrNO5/c1-12-17(20(24)26-3)19(15-8-4-5-9-16(15)22)18(13(2)23-12)21(25)28-11-14-7-6-10-27-14/h4-5,8-9,14,19,23H,6-7,10-11H2,1-3H3/t14-,19+/m1/s1. The number of esters is 2. The molecule has 2 atom stereocenters. The van der Waals surface area contributed by atoms with Crippen LogP contribution in [0.15, 0.2) is 51.3 Å². The summed E-state index contributed by atoms with van der Waals surface area (Å²) in [5.74, 6) is -1.54. The smallest absolute Gasteiger partial charge is 0.336 e. The van der Waals surface area contributed by atoms with E-state index in [0.717, 1.165) is 22.9 Å². The van der Waals surface area contributed by atoms with Crippen molar-refractivity contribution in [3.05, 3.63) is 56.8 Å². The van der Waals surface area contributed by atoms with Crippen LogP contribution in [0.5, 0.6) is 0 Å². The van der Waals surface area contributed by atoms with Gasteiger partial charge < -0.3 is 19.5 Å². The first-order valence-corrected chi connectivity index (χ1v) is 10.0. The summed E-state index contributed by atoms with van der Waals surface area (Å²) in [5.41, 5.74) is 2.90. The quantitative estimate of drug-likeness (QED) is 0.692. The number of hydrogen-bond acceptors (Lipinski definition) is 6. The number of halogens is 1. The zero-order valence-electron chi connectivity index (χ0n) is 16.2. The summed E-state index contributed by atoms with van der Waals surface area (Å²) in [6, 6.07) is 7.52. The molecule has 1 aromatic rings. The van der Waals surface area contributed by atoms with Gasteiger partial charge in [-0.1, -0.05) is 34.1 Å². The fourth-order valence-electron chi connectivity index (χ4n) is 3.69. The predicted molar refractivity (Wildman–Crippen MR) is 107 cm³/mol. The molecule has 1 saturated heterocycles. The zero-order valence-corrected chi connectivity index (χ0v) is 17.8. The van der Waals surface area contributed by atoms with Gasteiger partial charge in [-0.05, 0) is 38.3 Å². The Hall–Kier alpha value is -2.12. The molecular formula is C21H24BrNO5. The van der Waals surface area contributed by atoms with Gasteiger partial charge in [0.2, 0.25) is 0 Å². The van der Waals surface area contributed by atoms with E-state index >= 15 is 0 Å². The van der Waals surface area contributed by atoms with Gasteiger partial charge in [-0.15, -0.1) is 0 Å². The van der Waals surface area contributed by atoms with E-state index in [1.807, 2.05) is 31.2 Å². The molecule has 0 amide bonds. The number of carbonyl (C=O) groups is 2. The second kappa shape index (κ2) is 8.92. The first-order chi connectivity index (χ1) is 13.4. The number of rotatable bonds is 5. The molecule has 0 spiro atoms. The fourth-order valence-corrected chi connectivity index (χ4v) is 4.20. The van der Waals surface area contributed by atoms with Crippen molar-refractivity contribution in [2.45, 2.75) is 38.7 Å². The van der Waals surface area contributed by atoms with E-state index < -0.39 is 17.9 Å². The molecular weight excluding hydrogens is 426 g/mol. The average Bonchev–Trinajstić information content (AvgIpc) is 3.19. The number of ether oxygens (including phenoxy) is 3. The van der Waals surface area contributed by atoms with E-state index in [-0.39, 0.29) is 12.7 Å². The van der Waals surface area contributed by atoms with E-state index in [4.69, 9.17) is 14.2 Å². The highest BCUT2D eigenvalue weighted by atomic mass is 79.9. The van der Waals surface area contributed by atoms with Crippen molar-refractivity contribution in [1.82, 2.24) is 5.32 Å². The number of methoxy groups -OCH3 is 1. The Morgan fingerprint density at radius 1 is 1.18 bits per heavy atom. The number of benzene rings is 1. The van der Waals surface area contributed by atoms with Crippen molar-refractivity contribution in [3.8, 4) is 0 Å². The Morgan fingerprint density at radius 2 is 1.86 bits per heavy atom. The summed E-state index contributed by atoms with van der Waals surface area (Å²) in [6.45, 7) is 4.51. The topological polar surface area (TPSA) is 73.9 Å². The number of dihydropyridines is 1. The van der Waals surface area contributed by atoms with Crippen LogP contribution >= 0.6 is 15.9 Å². The molecule has 6 nitrogen and oxygen atoms in total. The van der Waals surface area contributed by atoms with E-state index in [9.17, 15) is 9.59 Å². The highest BCUT2D eigenvalue weighted by Crippen LogP contribution is 2.41. The first kappa shape index (κ1) is 20.6. The van der Waals surface area contributed by atoms with Crippen LogP contribution in [0.25, 0.3) is 0 Å². The normalized spacial score (nSPS) is 22.1. The monoisotopic (exact) mass is 449 g/mol. The molecule has 1 fully saturated rings. The molecule has 3 rings (SSSR count). The van der Waals surface area contributed by atoms with Crippen LogP contribution < -0.4 is 5.32 Å². The predicted octanol–water partition coefficient (Wildman–Crippen LogP) is 3.58. The van der Waals surface area contributed by atoms with Crippen LogP contribution in [0, 0.1) is 0 Å². The largest absolute Gasteiger partial charge is 0.466 e. The summed E-state index contributed by atoms with van der Waals surface area (Å²) in [6.07, 6.45) is 1.78. The third-order valence-electron chi connectivity index (χ3n) is 5.03. The Balaban J connectivity index is 1.99. The average molecular weight is 450 g/mol. The molecule has 0 bridgehead atoms.